The highest BCUT2D eigenvalue weighted by molar-refractivity contribution is 6.32. The molecule has 2 aromatic carbocycles. The molecule has 0 aliphatic heterocycles. The molecule has 0 N–H and O–H groups in total. The third kappa shape index (κ3) is 5.83. The van der Waals surface area contributed by atoms with Crippen LogP contribution in [0.4, 0.5) is 0 Å². The average Bonchev–Trinajstić information content (AvgIpc) is 2.77. The number of nitrogens with zero attached hydrogens (tertiary/aromatic N) is 2. The monoisotopic (exact) mass is 428 g/mol. The minimum Gasteiger partial charge on any atom is -0.503 e. The van der Waals surface area contributed by atoms with Crippen molar-refractivity contribution in [1.29, 1.82) is 5.26 Å². The van der Waals surface area contributed by atoms with Crippen LogP contribution in [0.5, 0.6) is 0 Å². The van der Waals surface area contributed by atoms with Crippen LogP contribution in [0, 0.1) is 11.3 Å². The van der Waals surface area contributed by atoms with Gasteiger partial charge in [0.05, 0.1) is 38.7 Å². The first-order valence-electron chi connectivity index (χ1n) is 8.83. The fraction of sp³-hybridized carbons (Fsp3) is 0.227. The van der Waals surface area contributed by atoms with E-state index in [0.29, 0.717) is 33.0 Å². The van der Waals surface area contributed by atoms with Gasteiger partial charge < -0.3 is 19.0 Å². The number of nitriles is 1. The van der Waals surface area contributed by atoms with Crippen molar-refractivity contribution in [2.75, 3.05) is 27.9 Å². The Morgan fingerprint density at radius 2 is 1.97 bits per heavy atom. The van der Waals surface area contributed by atoms with Crippen molar-refractivity contribution in [1.82, 2.24) is 0 Å². The molecule has 0 atom stereocenters. The SMILES string of the molecule is CO/C=C(/C(=O)OC)c1cccc(Cl)c1CO/N=C(\COC)c1cccc(C#N)c1. The molecule has 0 heterocycles. The van der Waals surface area contributed by atoms with E-state index in [1.807, 2.05) is 0 Å². The summed E-state index contributed by atoms with van der Waals surface area (Å²) in [5, 5.41) is 13.7. The van der Waals surface area contributed by atoms with Gasteiger partial charge in [0, 0.05) is 28.8 Å². The molecule has 30 heavy (non-hydrogen) atoms. The summed E-state index contributed by atoms with van der Waals surface area (Å²) in [6.45, 7) is 0.166. The maximum Gasteiger partial charge on any atom is 0.341 e. The summed E-state index contributed by atoms with van der Waals surface area (Å²) < 4.78 is 15.0. The number of benzene rings is 2. The summed E-state index contributed by atoms with van der Waals surface area (Å²) in [5.41, 5.74) is 2.94. The van der Waals surface area contributed by atoms with E-state index in [1.165, 1.54) is 27.6 Å². The van der Waals surface area contributed by atoms with E-state index in [-0.39, 0.29) is 18.8 Å². The molecule has 2 rings (SSSR count). The summed E-state index contributed by atoms with van der Waals surface area (Å²) in [6, 6.07) is 14.1. The predicted octanol–water partition coefficient (Wildman–Crippen LogP) is 3.94. The lowest BCUT2D eigenvalue weighted by atomic mass is 10.0. The van der Waals surface area contributed by atoms with E-state index in [1.54, 1.807) is 42.5 Å². The number of rotatable bonds is 9. The van der Waals surface area contributed by atoms with Gasteiger partial charge in [-0.3, -0.25) is 0 Å². The molecule has 0 amide bonds. The number of carbonyl (C=O) groups is 1. The van der Waals surface area contributed by atoms with Crippen LogP contribution in [0.25, 0.3) is 5.57 Å². The zero-order valence-corrected chi connectivity index (χ0v) is 17.6. The number of hydrogen-bond acceptors (Lipinski definition) is 7. The zero-order chi connectivity index (χ0) is 21.9. The minimum atomic E-state index is -0.572. The van der Waals surface area contributed by atoms with Gasteiger partial charge in [-0.25, -0.2) is 4.79 Å². The van der Waals surface area contributed by atoms with Gasteiger partial charge in [0.1, 0.15) is 17.9 Å². The average molecular weight is 429 g/mol. The van der Waals surface area contributed by atoms with Crippen molar-refractivity contribution < 1.29 is 23.8 Å². The lowest BCUT2D eigenvalue weighted by Crippen LogP contribution is -2.11. The van der Waals surface area contributed by atoms with E-state index >= 15 is 0 Å². The van der Waals surface area contributed by atoms with E-state index in [4.69, 9.17) is 35.9 Å². The van der Waals surface area contributed by atoms with Gasteiger partial charge in [-0.1, -0.05) is 41.0 Å². The molecule has 156 valence electrons. The van der Waals surface area contributed by atoms with Gasteiger partial charge in [0.15, 0.2) is 0 Å². The summed E-state index contributed by atoms with van der Waals surface area (Å²) >= 11 is 6.35. The van der Waals surface area contributed by atoms with Gasteiger partial charge in [-0.05, 0) is 18.2 Å². The van der Waals surface area contributed by atoms with Crippen molar-refractivity contribution in [2.45, 2.75) is 6.61 Å². The molecule has 0 radical (unpaired) electrons. The number of halogens is 1. The lowest BCUT2D eigenvalue weighted by Gasteiger charge is -2.13. The Morgan fingerprint density at radius 1 is 1.20 bits per heavy atom. The van der Waals surface area contributed by atoms with Crippen LogP contribution >= 0.6 is 11.6 Å². The Kier molecular flexibility index (Phi) is 8.88. The second kappa shape index (κ2) is 11.6. The highest BCUT2D eigenvalue weighted by Crippen LogP contribution is 2.28. The second-order valence-corrected chi connectivity index (χ2v) is 6.37. The maximum absolute atomic E-state index is 12.2. The van der Waals surface area contributed by atoms with Gasteiger partial charge >= 0.3 is 5.97 Å². The molecule has 7 nitrogen and oxygen atoms in total. The van der Waals surface area contributed by atoms with Crippen LogP contribution in [0.1, 0.15) is 22.3 Å². The highest BCUT2D eigenvalue weighted by Gasteiger charge is 2.19. The third-order valence-electron chi connectivity index (χ3n) is 4.04. The molecular weight excluding hydrogens is 408 g/mol. The first kappa shape index (κ1) is 22.9. The smallest absolute Gasteiger partial charge is 0.341 e. The molecule has 0 aliphatic rings. The quantitative estimate of drug-likeness (QED) is 0.197. The molecule has 8 heteroatoms. The van der Waals surface area contributed by atoms with Crippen LogP contribution in [0.2, 0.25) is 5.02 Å². The van der Waals surface area contributed by atoms with Crippen molar-refractivity contribution in [2.24, 2.45) is 5.16 Å². The summed E-state index contributed by atoms with van der Waals surface area (Å²) in [5.74, 6) is -0.572. The van der Waals surface area contributed by atoms with Crippen LogP contribution < -0.4 is 0 Å². The van der Waals surface area contributed by atoms with Crippen molar-refractivity contribution in [3.63, 3.8) is 0 Å². The molecule has 0 bridgehead atoms. The molecule has 0 saturated carbocycles. The molecule has 0 aliphatic carbocycles. The number of ether oxygens (including phenoxy) is 3. The number of hydrogen-bond donors (Lipinski definition) is 0. The maximum atomic E-state index is 12.2. The predicted molar refractivity (Wildman–Crippen MR) is 113 cm³/mol. The van der Waals surface area contributed by atoms with Gasteiger partial charge in [-0.15, -0.1) is 0 Å². The van der Waals surface area contributed by atoms with Crippen LogP contribution in [-0.4, -0.2) is 39.6 Å². The number of esters is 1. The number of carbonyl (C=O) groups excluding carboxylic acids is 1. The Hall–Kier alpha value is -3.34. The Balaban J connectivity index is 2.34. The second-order valence-electron chi connectivity index (χ2n) is 5.96. The molecule has 2 aromatic rings. The summed E-state index contributed by atoms with van der Waals surface area (Å²) in [7, 11) is 4.25. The zero-order valence-electron chi connectivity index (χ0n) is 16.8. The molecule has 0 saturated heterocycles. The Morgan fingerprint density at radius 3 is 2.63 bits per heavy atom. The molecular formula is C22H21ClN2O5. The first-order valence-corrected chi connectivity index (χ1v) is 9.20. The minimum absolute atomic E-state index is 0.0157. The largest absolute Gasteiger partial charge is 0.503 e. The van der Waals surface area contributed by atoms with Gasteiger partial charge in [0.2, 0.25) is 0 Å². The molecule has 0 unspecified atom stereocenters. The van der Waals surface area contributed by atoms with Crippen LogP contribution in [-0.2, 0) is 30.4 Å². The fourth-order valence-corrected chi connectivity index (χ4v) is 2.88. The van der Waals surface area contributed by atoms with E-state index < -0.39 is 5.97 Å². The molecule has 0 fully saturated rings. The third-order valence-corrected chi connectivity index (χ3v) is 4.39. The van der Waals surface area contributed by atoms with Crippen molar-refractivity contribution in [3.8, 4) is 6.07 Å². The normalized spacial score (nSPS) is 11.6. The van der Waals surface area contributed by atoms with E-state index in [2.05, 4.69) is 11.2 Å². The molecule has 0 aromatic heterocycles. The number of oxime groups is 1. The van der Waals surface area contributed by atoms with E-state index in [0.717, 1.165) is 0 Å². The Bertz CT molecular complexity index is 995. The highest BCUT2D eigenvalue weighted by atomic mass is 35.5. The lowest BCUT2D eigenvalue weighted by molar-refractivity contribution is -0.133. The first-order chi connectivity index (χ1) is 14.5. The topological polar surface area (TPSA) is 90.1 Å². The standard InChI is InChI=1S/C22H21ClN2O5/c1-27-12-19(22(26)29-3)17-8-5-9-20(23)18(17)13-30-25-21(14-28-2)16-7-4-6-15(10-16)11-24/h4-10,12H,13-14H2,1-3H3/b19-12+,25-21+. The van der Waals surface area contributed by atoms with Gasteiger partial charge in [0.25, 0.3) is 0 Å². The fourth-order valence-electron chi connectivity index (χ4n) is 2.65. The summed E-state index contributed by atoms with van der Waals surface area (Å²) in [6.07, 6.45) is 1.29. The summed E-state index contributed by atoms with van der Waals surface area (Å²) in [4.78, 5) is 17.7. The van der Waals surface area contributed by atoms with Crippen molar-refractivity contribution >= 4 is 28.9 Å². The molecule has 0 spiro atoms. The van der Waals surface area contributed by atoms with Crippen LogP contribution in [0.15, 0.2) is 53.9 Å². The number of methoxy groups -OCH3 is 3. The van der Waals surface area contributed by atoms with E-state index in [9.17, 15) is 4.79 Å². The van der Waals surface area contributed by atoms with Crippen LogP contribution in [0.3, 0.4) is 0 Å². The van der Waals surface area contributed by atoms with Crippen molar-refractivity contribution in [3.05, 3.63) is 76.0 Å². The van der Waals surface area contributed by atoms with Gasteiger partial charge in [-0.2, -0.15) is 5.26 Å². The Labute approximate surface area is 180 Å².